The Balaban J connectivity index is 2.70. The molecule has 1 aliphatic rings. The number of carbonyl (C=O) groups excluding carboxylic acids is 2. The van der Waals surface area contributed by atoms with Gasteiger partial charge in [0.25, 0.3) is 0 Å². The first-order valence-corrected chi connectivity index (χ1v) is 5.72. The summed E-state index contributed by atoms with van der Waals surface area (Å²) in [5.74, 6) is -1.62. The number of hydrogen-bond donors (Lipinski definition) is 3. The molecule has 0 radical (unpaired) electrons. The zero-order chi connectivity index (χ0) is 15.3. The molecule has 8 nitrogen and oxygen atoms in total. The summed E-state index contributed by atoms with van der Waals surface area (Å²) in [6.45, 7) is 5.95. The standard InChI is InChI=1S/C12H16O8/c1-3-7(13)18-5-6-9(15)10(16)11(17)12(19-6)20-8(14)4-2/h3-4,6,9-12,15-17H,1-2,5H2/t6-,9-,10+,11-,12?/m1/s1. The topological polar surface area (TPSA) is 123 Å². The van der Waals surface area contributed by atoms with E-state index in [0.717, 1.165) is 12.2 Å². The molecule has 0 saturated carbocycles. The molecule has 0 aromatic carbocycles. The van der Waals surface area contributed by atoms with Gasteiger partial charge >= 0.3 is 11.9 Å². The monoisotopic (exact) mass is 288 g/mol. The van der Waals surface area contributed by atoms with E-state index in [2.05, 4.69) is 22.6 Å². The molecule has 112 valence electrons. The molecule has 20 heavy (non-hydrogen) atoms. The van der Waals surface area contributed by atoms with Gasteiger partial charge in [-0.1, -0.05) is 13.2 Å². The lowest BCUT2D eigenvalue weighted by molar-refractivity contribution is -0.291. The highest BCUT2D eigenvalue weighted by Crippen LogP contribution is 2.22. The van der Waals surface area contributed by atoms with E-state index in [1.54, 1.807) is 0 Å². The van der Waals surface area contributed by atoms with Crippen molar-refractivity contribution < 1.29 is 39.1 Å². The van der Waals surface area contributed by atoms with Crippen molar-refractivity contribution in [2.75, 3.05) is 6.61 Å². The number of ether oxygens (including phenoxy) is 3. The minimum absolute atomic E-state index is 0.405. The van der Waals surface area contributed by atoms with Gasteiger partial charge in [0.2, 0.25) is 6.29 Å². The molecule has 1 saturated heterocycles. The number of aliphatic hydroxyl groups is 3. The number of aliphatic hydroxyl groups excluding tert-OH is 3. The molecule has 1 unspecified atom stereocenters. The van der Waals surface area contributed by atoms with E-state index in [1.165, 1.54) is 0 Å². The summed E-state index contributed by atoms with van der Waals surface area (Å²) in [6.07, 6.45) is -5.69. The van der Waals surface area contributed by atoms with E-state index < -0.39 is 49.3 Å². The summed E-state index contributed by atoms with van der Waals surface area (Å²) >= 11 is 0. The maximum Gasteiger partial charge on any atom is 0.332 e. The van der Waals surface area contributed by atoms with Crippen molar-refractivity contribution in [3.8, 4) is 0 Å². The van der Waals surface area contributed by atoms with Crippen LogP contribution in [0.15, 0.2) is 25.3 Å². The smallest absolute Gasteiger partial charge is 0.332 e. The van der Waals surface area contributed by atoms with Gasteiger partial charge in [-0.3, -0.25) is 0 Å². The highest BCUT2D eigenvalue weighted by molar-refractivity contribution is 5.81. The van der Waals surface area contributed by atoms with E-state index in [9.17, 15) is 24.9 Å². The maximum atomic E-state index is 11.1. The van der Waals surface area contributed by atoms with Crippen molar-refractivity contribution in [1.29, 1.82) is 0 Å². The average molecular weight is 288 g/mol. The fourth-order valence-corrected chi connectivity index (χ4v) is 1.54. The lowest BCUT2D eigenvalue weighted by Crippen LogP contribution is -2.59. The molecule has 0 amide bonds. The maximum absolute atomic E-state index is 11.1. The highest BCUT2D eigenvalue weighted by Gasteiger charge is 2.45. The van der Waals surface area contributed by atoms with E-state index in [0.29, 0.717) is 0 Å². The van der Waals surface area contributed by atoms with E-state index in [1.807, 2.05) is 0 Å². The van der Waals surface area contributed by atoms with Crippen LogP contribution in [0.2, 0.25) is 0 Å². The lowest BCUT2D eigenvalue weighted by atomic mass is 9.99. The first-order chi connectivity index (χ1) is 9.40. The second kappa shape index (κ2) is 7.15. The number of carbonyl (C=O) groups is 2. The first-order valence-electron chi connectivity index (χ1n) is 5.72. The molecule has 1 rings (SSSR count). The normalized spacial score (nSPS) is 33.0. The van der Waals surface area contributed by atoms with E-state index in [4.69, 9.17) is 4.74 Å². The minimum atomic E-state index is -1.64. The molecule has 0 aliphatic carbocycles. The Morgan fingerprint density at radius 3 is 2.20 bits per heavy atom. The second-order valence-electron chi connectivity index (χ2n) is 3.99. The van der Waals surface area contributed by atoms with E-state index in [-0.39, 0.29) is 0 Å². The molecule has 5 atom stereocenters. The van der Waals surface area contributed by atoms with Crippen molar-refractivity contribution in [2.45, 2.75) is 30.7 Å². The Bertz CT molecular complexity index is 391. The van der Waals surface area contributed by atoms with Crippen LogP contribution >= 0.6 is 0 Å². The zero-order valence-corrected chi connectivity index (χ0v) is 10.5. The van der Waals surface area contributed by atoms with Crippen molar-refractivity contribution >= 4 is 11.9 Å². The van der Waals surface area contributed by atoms with Crippen LogP contribution in [-0.4, -0.2) is 64.6 Å². The summed E-state index contributed by atoms with van der Waals surface area (Å²) < 4.78 is 14.4. The predicted molar refractivity (Wildman–Crippen MR) is 64.1 cm³/mol. The van der Waals surface area contributed by atoms with Crippen molar-refractivity contribution in [3.05, 3.63) is 25.3 Å². The molecular weight excluding hydrogens is 272 g/mol. The summed E-state index contributed by atoms with van der Waals surface area (Å²) in [7, 11) is 0. The minimum Gasteiger partial charge on any atom is -0.460 e. The van der Waals surface area contributed by atoms with Gasteiger partial charge in [-0.25, -0.2) is 9.59 Å². The molecule has 0 aromatic rings. The first kappa shape index (κ1) is 16.3. The SMILES string of the molecule is C=CC(=O)OC[C@H]1OC(OC(=O)C=C)[C@H](O)[C@@H](O)[C@@H]1O. The van der Waals surface area contributed by atoms with Gasteiger partial charge in [-0.15, -0.1) is 0 Å². The van der Waals surface area contributed by atoms with Gasteiger partial charge in [-0.2, -0.15) is 0 Å². The van der Waals surface area contributed by atoms with Gasteiger partial charge in [0.1, 0.15) is 31.0 Å². The Kier molecular flexibility index (Phi) is 5.83. The third-order valence-corrected chi connectivity index (χ3v) is 2.62. The van der Waals surface area contributed by atoms with Crippen molar-refractivity contribution in [3.63, 3.8) is 0 Å². The second-order valence-corrected chi connectivity index (χ2v) is 3.99. The third kappa shape index (κ3) is 3.87. The molecule has 0 spiro atoms. The number of rotatable bonds is 5. The van der Waals surface area contributed by atoms with Crippen LogP contribution in [0.1, 0.15) is 0 Å². The van der Waals surface area contributed by atoms with Gasteiger partial charge in [0, 0.05) is 12.2 Å². The predicted octanol–water partition coefficient (Wildman–Crippen LogP) is -1.75. The zero-order valence-electron chi connectivity index (χ0n) is 10.5. The quantitative estimate of drug-likeness (QED) is 0.402. The number of esters is 2. The Morgan fingerprint density at radius 2 is 1.65 bits per heavy atom. The Hall–Kier alpha value is -1.74. The lowest BCUT2D eigenvalue weighted by Gasteiger charge is -2.39. The third-order valence-electron chi connectivity index (χ3n) is 2.62. The van der Waals surface area contributed by atoms with Crippen LogP contribution in [0, 0.1) is 0 Å². The molecule has 8 heteroatoms. The molecule has 0 bridgehead atoms. The van der Waals surface area contributed by atoms with Crippen LogP contribution in [0.25, 0.3) is 0 Å². The largest absolute Gasteiger partial charge is 0.460 e. The summed E-state index contributed by atoms with van der Waals surface area (Å²) in [6, 6.07) is 0. The Labute approximate surface area is 114 Å². The van der Waals surface area contributed by atoms with Crippen LogP contribution in [0.4, 0.5) is 0 Å². The molecule has 1 heterocycles. The summed E-state index contributed by atoms with van der Waals surface area (Å²) in [5.41, 5.74) is 0. The summed E-state index contributed by atoms with van der Waals surface area (Å²) in [4.78, 5) is 22.0. The van der Waals surface area contributed by atoms with Crippen LogP contribution in [0.3, 0.4) is 0 Å². The van der Waals surface area contributed by atoms with Gasteiger partial charge in [0.15, 0.2) is 0 Å². The van der Waals surface area contributed by atoms with Crippen molar-refractivity contribution in [2.24, 2.45) is 0 Å². The fourth-order valence-electron chi connectivity index (χ4n) is 1.54. The van der Waals surface area contributed by atoms with Gasteiger partial charge < -0.3 is 29.5 Å². The molecule has 0 aromatic heterocycles. The van der Waals surface area contributed by atoms with Gasteiger partial charge in [-0.05, 0) is 0 Å². The van der Waals surface area contributed by atoms with Crippen molar-refractivity contribution in [1.82, 2.24) is 0 Å². The molecule has 3 N–H and O–H groups in total. The average Bonchev–Trinajstić information content (AvgIpc) is 2.45. The van der Waals surface area contributed by atoms with Crippen LogP contribution < -0.4 is 0 Å². The molecule has 1 fully saturated rings. The number of hydrogen-bond acceptors (Lipinski definition) is 8. The van der Waals surface area contributed by atoms with Gasteiger partial charge in [0.05, 0.1) is 0 Å². The Morgan fingerprint density at radius 1 is 1.05 bits per heavy atom. The molecular formula is C12H16O8. The fraction of sp³-hybridized carbons (Fsp3) is 0.500. The van der Waals surface area contributed by atoms with Crippen LogP contribution in [-0.2, 0) is 23.8 Å². The highest BCUT2D eigenvalue weighted by atomic mass is 16.7. The summed E-state index contributed by atoms with van der Waals surface area (Å²) in [5, 5.41) is 29.0. The molecule has 1 aliphatic heterocycles. The van der Waals surface area contributed by atoms with Crippen LogP contribution in [0.5, 0.6) is 0 Å². The van der Waals surface area contributed by atoms with E-state index >= 15 is 0 Å².